The van der Waals surface area contributed by atoms with E-state index in [1.165, 1.54) is 6.33 Å². The van der Waals surface area contributed by atoms with Gasteiger partial charge in [0.15, 0.2) is 0 Å². The van der Waals surface area contributed by atoms with Gasteiger partial charge < -0.3 is 5.84 Å². The first-order valence-corrected chi connectivity index (χ1v) is 1.96. The number of nitrogens with one attached hydrogen (secondary N) is 1. The Balaban J connectivity index is 2.92. The number of hydrogen-bond donors (Lipinski definition) is 3. The summed E-state index contributed by atoms with van der Waals surface area (Å²) in [5.74, 6) is 10.4. The second kappa shape index (κ2) is 1.66. The molecule has 1 heterocycles. The van der Waals surface area contributed by atoms with Crippen LogP contribution in [0.2, 0.25) is 0 Å². The van der Waals surface area contributed by atoms with Gasteiger partial charge >= 0.3 is 0 Å². The topological polar surface area (TPSA) is 94.8 Å². The normalized spacial score (nSPS) is 9.12. The standard InChI is InChI=1S/C2H6N6/c3-7-2-5-1-6-8(2)4/h1H,3-4H2,(H,5,6,7). The Morgan fingerprint density at radius 3 is 2.75 bits per heavy atom. The molecule has 0 amide bonds. The highest BCUT2D eigenvalue weighted by Gasteiger charge is 1.92. The van der Waals surface area contributed by atoms with Gasteiger partial charge in [0.25, 0.3) is 5.95 Å². The van der Waals surface area contributed by atoms with Gasteiger partial charge in [0.05, 0.1) is 0 Å². The van der Waals surface area contributed by atoms with E-state index in [1.807, 2.05) is 0 Å². The summed E-state index contributed by atoms with van der Waals surface area (Å²) >= 11 is 0. The maximum Gasteiger partial charge on any atom is 0.255 e. The van der Waals surface area contributed by atoms with Crippen molar-refractivity contribution in [3.63, 3.8) is 0 Å². The monoisotopic (exact) mass is 114 g/mol. The molecular formula is C2H6N6. The van der Waals surface area contributed by atoms with E-state index in [2.05, 4.69) is 15.5 Å². The van der Waals surface area contributed by atoms with Crippen LogP contribution in [0.4, 0.5) is 5.95 Å². The second-order valence-electron chi connectivity index (χ2n) is 1.17. The highest BCUT2D eigenvalue weighted by atomic mass is 15.6. The predicted molar refractivity (Wildman–Crippen MR) is 28.0 cm³/mol. The van der Waals surface area contributed by atoms with Crippen LogP contribution in [0, 0.1) is 0 Å². The number of aromatic nitrogens is 3. The average molecular weight is 114 g/mol. The molecule has 0 atom stereocenters. The molecule has 0 radical (unpaired) electrons. The van der Waals surface area contributed by atoms with Gasteiger partial charge in [-0.15, -0.1) is 9.89 Å². The van der Waals surface area contributed by atoms with Crippen LogP contribution < -0.4 is 17.1 Å². The zero-order chi connectivity index (χ0) is 5.98. The number of hydrogen-bond acceptors (Lipinski definition) is 5. The Kier molecular flexibility index (Phi) is 1.01. The van der Waals surface area contributed by atoms with Crippen LogP contribution >= 0.6 is 0 Å². The molecule has 1 aromatic rings. The smallest absolute Gasteiger partial charge is 0.255 e. The third kappa shape index (κ3) is 0.562. The Morgan fingerprint density at radius 1 is 1.75 bits per heavy atom. The number of rotatable bonds is 1. The number of nitrogens with zero attached hydrogens (tertiary/aromatic N) is 3. The maximum absolute atomic E-state index is 5.15. The van der Waals surface area contributed by atoms with Crippen LogP contribution in [0.3, 0.4) is 0 Å². The summed E-state index contributed by atoms with van der Waals surface area (Å²) in [6.07, 6.45) is 1.30. The van der Waals surface area contributed by atoms with Gasteiger partial charge in [-0.05, 0) is 0 Å². The quantitative estimate of drug-likeness (QED) is 0.298. The lowest BCUT2D eigenvalue weighted by atomic mass is 11.1. The largest absolute Gasteiger partial charge is 0.320 e. The molecule has 6 nitrogen and oxygen atoms in total. The van der Waals surface area contributed by atoms with E-state index in [0.29, 0.717) is 5.95 Å². The first kappa shape index (κ1) is 4.85. The van der Waals surface area contributed by atoms with Crippen molar-refractivity contribution in [1.82, 2.24) is 14.9 Å². The molecule has 0 unspecified atom stereocenters. The van der Waals surface area contributed by atoms with E-state index in [-0.39, 0.29) is 0 Å². The summed E-state index contributed by atoms with van der Waals surface area (Å²) in [5.41, 5.74) is 2.24. The van der Waals surface area contributed by atoms with E-state index in [1.54, 1.807) is 0 Å². The molecule has 0 saturated heterocycles. The van der Waals surface area contributed by atoms with E-state index in [9.17, 15) is 0 Å². The lowest BCUT2D eigenvalue weighted by Crippen LogP contribution is -2.18. The molecule has 44 valence electrons. The van der Waals surface area contributed by atoms with Crippen molar-refractivity contribution in [3.8, 4) is 0 Å². The Labute approximate surface area is 45.4 Å². The zero-order valence-corrected chi connectivity index (χ0v) is 4.07. The molecule has 5 N–H and O–H groups in total. The van der Waals surface area contributed by atoms with Crippen LogP contribution in [0.5, 0.6) is 0 Å². The van der Waals surface area contributed by atoms with Crippen molar-refractivity contribution < 1.29 is 0 Å². The summed E-state index contributed by atoms with van der Waals surface area (Å²) < 4.78 is 0. The molecule has 0 aliphatic heterocycles. The van der Waals surface area contributed by atoms with Crippen molar-refractivity contribution in [2.45, 2.75) is 0 Å². The minimum Gasteiger partial charge on any atom is -0.320 e. The van der Waals surface area contributed by atoms with Crippen molar-refractivity contribution in [3.05, 3.63) is 6.33 Å². The molecule has 0 aromatic carbocycles. The minimum absolute atomic E-state index is 0.338. The Hall–Kier alpha value is -1.30. The zero-order valence-electron chi connectivity index (χ0n) is 4.07. The molecule has 0 saturated carbocycles. The number of hydrazine groups is 1. The maximum atomic E-state index is 5.15. The predicted octanol–water partition coefficient (Wildman–Crippen LogP) is -1.72. The van der Waals surface area contributed by atoms with Gasteiger partial charge in [0.1, 0.15) is 6.33 Å². The molecule has 6 heteroatoms. The molecule has 0 aliphatic rings. The number of nitrogens with two attached hydrogens (primary N) is 2. The number of anilines is 1. The molecule has 0 spiro atoms. The van der Waals surface area contributed by atoms with E-state index >= 15 is 0 Å². The molecule has 0 aliphatic carbocycles. The summed E-state index contributed by atoms with van der Waals surface area (Å²) in [5, 5.41) is 3.53. The Bertz CT molecular complexity index is 167. The summed E-state index contributed by atoms with van der Waals surface area (Å²) in [7, 11) is 0. The summed E-state index contributed by atoms with van der Waals surface area (Å²) in [6.45, 7) is 0. The third-order valence-electron chi connectivity index (χ3n) is 0.702. The molecule has 1 aromatic heterocycles. The molecular weight excluding hydrogens is 108 g/mol. The van der Waals surface area contributed by atoms with Gasteiger partial charge in [-0.2, -0.15) is 4.98 Å². The van der Waals surface area contributed by atoms with E-state index < -0.39 is 0 Å². The van der Waals surface area contributed by atoms with Crippen LogP contribution in [0.25, 0.3) is 0 Å². The summed E-state index contributed by atoms with van der Waals surface area (Å²) in [6, 6.07) is 0. The second-order valence-corrected chi connectivity index (χ2v) is 1.17. The van der Waals surface area contributed by atoms with Gasteiger partial charge in [-0.25, -0.2) is 5.84 Å². The molecule has 0 fully saturated rings. The van der Waals surface area contributed by atoms with E-state index in [0.717, 1.165) is 4.79 Å². The SMILES string of the molecule is NNc1ncnn1N. The lowest BCUT2D eigenvalue weighted by molar-refractivity contribution is 0.832. The fraction of sp³-hybridized carbons (Fsp3) is 0. The van der Waals surface area contributed by atoms with Gasteiger partial charge in [0.2, 0.25) is 0 Å². The molecule has 1 rings (SSSR count). The van der Waals surface area contributed by atoms with Crippen LogP contribution in [0.1, 0.15) is 0 Å². The average Bonchev–Trinajstić information content (AvgIpc) is 2.14. The van der Waals surface area contributed by atoms with Crippen molar-refractivity contribution >= 4 is 5.95 Å². The fourth-order valence-electron chi connectivity index (χ4n) is 0.353. The first-order valence-electron chi connectivity index (χ1n) is 1.96. The minimum atomic E-state index is 0.338. The van der Waals surface area contributed by atoms with Gasteiger partial charge in [-0.1, -0.05) is 0 Å². The van der Waals surface area contributed by atoms with E-state index in [4.69, 9.17) is 11.7 Å². The van der Waals surface area contributed by atoms with Crippen molar-refractivity contribution in [2.75, 3.05) is 11.3 Å². The highest BCUT2D eigenvalue weighted by Crippen LogP contribution is 1.88. The van der Waals surface area contributed by atoms with Crippen LogP contribution in [0.15, 0.2) is 6.33 Å². The lowest BCUT2D eigenvalue weighted by Gasteiger charge is -1.93. The highest BCUT2D eigenvalue weighted by molar-refractivity contribution is 5.19. The molecule has 0 bridgehead atoms. The van der Waals surface area contributed by atoms with Gasteiger partial charge in [0, 0.05) is 0 Å². The van der Waals surface area contributed by atoms with Crippen LogP contribution in [-0.4, -0.2) is 14.9 Å². The number of nitrogen functional groups attached to an aromatic ring is 2. The van der Waals surface area contributed by atoms with Crippen LogP contribution in [-0.2, 0) is 0 Å². The Morgan fingerprint density at radius 2 is 2.50 bits per heavy atom. The van der Waals surface area contributed by atoms with Gasteiger partial charge in [-0.3, -0.25) is 5.43 Å². The van der Waals surface area contributed by atoms with Crippen molar-refractivity contribution in [2.24, 2.45) is 5.84 Å². The van der Waals surface area contributed by atoms with Crippen molar-refractivity contribution in [1.29, 1.82) is 0 Å². The first-order chi connectivity index (χ1) is 3.84. The summed E-state index contributed by atoms with van der Waals surface area (Å²) in [4.78, 5) is 4.67. The molecule has 8 heavy (non-hydrogen) atoms. The third-order valence-corrected chi connectivity index (χ3v) is 0.702. The fourth-order valence-corrected chi connectivity index (χ4v) is 0.353.